The third-order valence-electron chi connectivity index (χ3n) is 2.54. The molecule has 0 aromatic carbocycles. The fourth-order valence-corrected chi connectivity index (χ4v) is 2.52. The van der Waals surface area contributed by atoms with Crippen molar-refractivity contribution in [1.29, 1.82) is 0 Å². The van der Waals surface area contributed by atoms with Gasteiger partial charge in [-0.3, -0.25) is 4.98 Å². The van der Waals surface area contributed by atoms with E-state index in [-0.39, 0.29) is 0 Å². The maximum absolute atomic E-state index is 4.36. The molecule has 2 heterocycles. The molecule has 0 saturated carbocycles. The predicted molar refractivity (Wildman–Crippen MR) is 76.3 cm³/mol. The van der Waals surface area contributed by atoms with Crippen molar-refractivity contribution < 1.29 is 0 Å². The van der Waals surface area contributed by atoms with E-state index in [1.165, 1.54) is 11.8 Å². The van der Waals surface area contributed by atoms with Crippen LogP contribution < -0.4 is 5.32 Å². The molecule has 0 amide bonds. The van der Waals surface area contributed by atoms with E-state index >= 15 is 0 Å². The molecule has 0 unspecified atom stereocenters. The smallest absolute Gasteiger partial charge is 0.133 e. The summed E-state index contributed by atoms with van der Waals surface area (Å²) in [6.45, 7) is 5.16. The average molecular weight is 275 g/mol. The average Bonchev–Trinajstić information content (AvgIpc) is 2.46. The number of hydrogen-bond acceptors (Lipinski definition) is 6. The normalized spacial score (nSPS) is 10.4. The van der Waals surface area contributed by atoms with Gasteiger partial charge in [0, 0.05) is 24.5 Å². The van der Waals surface area contributed by atoms with E-state index in [0.717, 1.165) is 40.8 Å². The van der Waals surface area contributed by atoms with E-state index in [1.807, 2.05) is 0 Å². The van der Waals surface area contributed by atoms with Gasteiger partial charge >= 0.3 is 0 Å². The van der Waals surface area contributed by atoms with Gasteiger partial charge in [-0.1, -0.05) is 13.8 Å². The summed E-state index contributed by atoms with van der Waals surface area (Å²) < 4.78 is 0. The Hall–Kier alpha value is -1.69. The van der Waals surface area contributed by atoms with Gasteiger partial charge in [-0.05, 0) is 24.6 Å². The lowest BCUT2D eigenvalue weighted by molar-refractivity contribution is 0.908. The third-order valence-corrected chi connectivity index (χ3v) is 3.51. The highest BCUT2D eigenvalue weighted by Crippen LogP contribution is 2.29. The Morgan fingerprint density at radius 1 is 1.16 bits per heavy atom. The van der Waals surface area contributed by atoms with Crippen LogP contribution in [-0.4, -0.2) is 26.5 Å². The van der Waals surface area contributed by atoms with Gasteiger partial charge in [-0.15, -0.1) is 0 Å². The molecule has 19 heavy (non-hydrogen) atoms. The second-order valence-electron chi connectivity index (χ2n) is 3.93. The second kappa shape index (κ2) is 7.04. The first-order valence-corrected chi connectivity index (χ1v) is 7.18. The molecule has 2 aromatic heterocycles. The van der Waals surface area contributed by atoms with Crippen LogP contribution in [0.1, 0.15) is 25.8 Å². The molecule has 6 heteroatoms. The lowest BCUT2D eigenvalue weighted by atomic mass is 10.2. The summed E-state index contributed by atoms with van der Waals surface area (Å²) in [6.07, 6.45) is 8.64. The summed E-state index contributed by atoms with van der Waals surface area (Å²) >= 11 is 1.52. The molecule has 0 bridgehead atoms. The molecule has 5 nitrogen and oxygen atoms in total. The van der Waals surface area contributed by atoms with Crippen LogP contribution in [0.15, 0.2) is 35.0 Å². The molecule has 1 N–H and O–H groups in total. The second-order valence-corrected chi connectivity index (χ2v) is 4.94. The molecule has 0 aliphatic rings. The van der Waals surface area contributed by atoms with Gasteiger partial charge < -0.3 is 5.32 Å². The van der Waals surface area contributed by atoms with E-state index in [9.17, 15) is 0 Å². The largest absolute Gasteiger partial charge is 0.370 e. The topological polar surface area (TPSA) is 63.6 Å². The Labute approximate surface area is 117 Å². The first-order chi connectivity index (χ1) is 9.35. The zero-order valence-electron chi connectivity index (χ0n) is 11.1. The van der Waals surface area contributed by atoms with Gasteiger partial charge in [0.2, 0.25) is 0 Å². The van der Waals surface area contributed by atoms with Gasteiger partial charge in [0.05, 0.1) is 6.20 Å². The van der Waals surface area contributed by atoms with E-state index in [4.69, 9.17) is 0 Å². The highest BCUT2D eigenvalue weighted by Gasteiger charge is 2.11. The third kappa shape index (κ3) is 3.64. The lowest BCUT2D eigenvalue weighted by Crippen LogP contribution is -2.07. The summed E-state index contributed by atoms with van der Waals surface area (Å²) in [5.41, 5.74) is 1.13. The number of aromatic nitrogens is 4. The SMILES string of the molecule is CCCNc1ncnc(Sc2cnccn2)c1CC. The number of hydrogen-bond donors (Lipinski definition) is 1. The first kappa shape index (κ1) is 13.7. The van der Waals surface area contributed by atoms with Crippen molar-refractivity contribution in [2.24, 2.45) is 0 Å². The van der Waals surface area contributed by atoms with Crippen LogP contribution in [0, 0.1) is 0 Å². The van der Waals surface area contributed by atoms with E-state index < -0.39 is 0 Å². The molecule has 100 valence electrons. The lowest BCUT2D eigenvalue weighted by Gasteiger charge is -2.11. The number of rotatable bonds is 6. The molecule has 0 fully saturated rings. The summed E-state index contributed by atoms with van der Waals surface area (Å²) in [5, 5.41) is 5.13. The molecule has 0 saturated heterocycles. The Bertz CT molecular complexity index is 518. The van der Waals surface area contributed by atoms with Crippen LogP contribution in [0.2, 0.25) is 0 Å². The minimum atomic E-state index is 0.845. The highest BCUT2D eigenvalue weighted by atomic mass is 32.2. The van der Waals surface area contributed by atoms with Gasteiger partial charge in [0.1, 0.15) is 22.2 Å². The minimum absolute atomic E-state index is 0.845. The summed E-state index contributed by atoms with van der Waals surface area (Å²) in [5.74, 6) is 0.922. The molecule has 0 radical (unpaired) electrons. The Morgan fingerprint density at radius 3 is 2.74 bits per heavy atom. The molecular formula is C13H17N5S. The maximum atomic E-state index is 4.36. The Morgan fingerprint density at radius 2 is 2.05 bits per heavy atom. The van der Waals surface area contributed by atoms with Gasteiger partial charge in [0.25, 0.3) is 0 Å². The first-order valence-electron chi connectivity index (χ1n) is 6.36. The number of anilines is 1. The van der Waals surface area contributed by atoms with Crippen LogP contribution in [0.25, 0.3) is 0 Å². The summed E-state index contributed by atoms with van der Waals surface area (Å²) in [6, 6.07) is 0. The van der Waals surface area contributed by atoms with E-state index in [2.05, 4.69) is 39.1 Å². The zero-order valence-corrected chi connectivity index (χ0v) is 11.9. The van der Waals surface area contributed by atoms with Crippen molar-refractivity contribution in [2.45, 2.75) is 36.7 Å². The summed E-state index contributed by atoms with van der Waals surface area (Å²) in [4.78, 5) is 17.0. The van der Waals surface area contributed by atoms with Crippen LogP contribution >= 0.6 is 11.8 Å². The zero-order chi connectivity index (χ0) is 13.5. The van der Waals surface area contributed by atoms with Crippen molar-refractivity contribution in [3.8, 4) is 0 Å². The van der Waals surface area contributed by atoms with Crippen molar-refractivity contribution in [3.63, 3.8) is 0 Å². The molecule has 0 spiro atoms. The van der Waals surface area contributed by atoms with Crippen LogP contribution in [0.3, 0.4) is 0 Å². The standard InChI is InChI=1S/C13H17N5S/c1-3-5-16-12-10(4-2)13(18-9-17-12)19-11-8-14-6-7-15-11/h6-9H,3-5H2,1-2H3,(H,16,17,18). The highest BCUT2D eigenvalue weighted by molar-refractivity contribution is 7.99. The number of nitrogens with zero attached hydrogens (tertiary/aromatic N) is 4. The van der Waals surface area contributed by atoms with Crippen molar-refractivity contribution in [3.05, 3.63) is 30.5 Å². The molecule has 2 rings (SSSR count). The fraction of sp³-hybridized carbons (Fsp3) is 0.385. The van der Waals surface area contributed by atoms with Gasteiger partial charge in [-0.2, -0.15) is 0 Å². The summed E-state index contributed by atoms with van der Waals surface area (Å²) in [7, 11) is 0. The van der Waals surface area contributed by atoms with E-state index in [0.29, 0.717) is 0 Å². The molecule has 2 aromatic rings. The maximum Gasteiger partial charge on any atom is 0.133 e. The van der Waals surface area contributed by atoms with Crippen molar-refractivity contribution in [2.75, 3.05) is 11.9 Å². The van der Waals surface area contributed by atoms with Crippen molar-refractivity contribution >= 4 is 17.6 Å². The molecular weight excluding hydrogens is 258 g/mol. The fourth-order valence-electron chi connectivity index (χ4n) is 1.64. The monoisotopic (exact) mass is 275 g/mol. The molecule has 0 aliphatic heterocycles. The van der Waals surface area contributed by atoms with Gasteiger partial charge in [-0.25, -0.2) is 15.0 Å². The minimum Gasteiger partial charge on any atom is -0.370 e. The number of nitrogens with one attached hydrogen (secondary N) is 1. The van der Waals surface area contributed by atoms with Crippen molar-refractivity contribution in [1.82, 2.24) is 19.9 Å². The quantitative estimate of drug-likeness (QED) is 0.818. The Kier molecular flexibility index (Phi) is 5.09. The molecule has 0 atom stereocenters. The molecule has 0 aliphatic carbocycles. The van der Waals surface area contributed by atoms with E-state index in [1.54, 1.807) is 24.9 Å². The Balaban J connectivity index is 2.24. The van der Waals surface area contributed by atoms with Crippen LogP contribution in [0.5, 0.6) is 0 Å². The van der Waals surface area contributed by atoms with Crippen LogP contribution in [-0.2, 0) is 6.42 Å². The van der Waals surface area contributed by atoms with Crippen LogP contribution in [0.4, 0.5) is 5.82 Å². The predicted octanol–water partition coefficient (Wildman–Crippen LogP) is 2.80. The van der Waals surface area contributed by atoms with Gasteiger partial charge in [0.15, 0.2) is 0 Å².